The maximum absolute atomic E-state index is 11.3. The van der Waals surface area contributed by atoms with Crippen molar-refractivity contribution in [2.24, 2.45) is 0 Å². The Kier molecular flexibility index (Phi) is 5.92. The summed E-state index contributed by atoms with van der Waals surface area (Å²) in [4.78, 5) is 15.7. The van der Waals surface area contributed by atoms with E-state index in [2.05, 4.69) is 30.8 Å². The molecule has 4 heteroatoms. The number of hydrogen-bond acceptors (Lipinski definition) is 3. The van der Waals surface area contributed by atoms with Crippen LogP contribution in [0.3, 0.4) is 0 Å². The summed E-state index contributed by atoms with van der Waals surface area (Å²) in [6, 6.07) is 0.227. The summed E-state index contributed by atoms with van der Waals surface area (Å²) in [5.41, 5.74) is 0. The molecule has 0 aromatic rings. The minimum Gasteiger partial charge on any atom is -0.480 e. The summed E-state index contributed by atoms with van der Waals surface area (Å²) in [5.74, 6) is -0.655. The van der Waals surface area contributed by atoms with Crippen LogP contribution in [0.5, 0.6) is 0 Å². The Morgan fingerprint density at radius 3 is 2.76 bits per heavy atom. The van der Waals surface area contributed by atoms with E-state index in [0.29, 0.717) is 6.04 Å². The van der Waals surface area contributed by atoms with E-state index in [1.807, 2.05) is 0 Å². The molecule has 1 aliphatic rings. The van der Waals surface area contributed by atoms with Gasteiger partial charge >= 0.3 is 5.97 Å². The molecule has 0 bridgehead atoms. The van der Waals surface area contributed by atoms with Crippen LogP contribution in [0, 0.1) is 0 Å². The van der Waals surface area contributed by atoms with Gasteiger partial charge in [-0.15, -0.1) is 0 Å². The van der Waals surface area contributed by atoms with Crippen molar-refractivity contribution in [3.05, 3.63) is 0 Å². The summed E-state index contributed by atoms with van der Waals surface area (Å²) in [6.07, 6.45) is 5.14. The highest BCUT2D eigenvalue weighted by Crippen LogP contribution is 2.19. The zero-order valence-corrected chi connectivity index (χ0v) is 11.4. The standard InChI is InChI=1S/C13H26N2O2/c1-4-5-8-12(13(16)17)15-9-6-7-11(10-15)14(2)3/h11-12H,4-10H2,1-3H3,(H,16,17). The summed E-state index contributed by atoms with van der Waals surface area (Å²) < 4.78 is 0. The van der Waals surface area contributed by atoms with Gasteiger partial charge in [0.15, 0.2) is 0 Å². The largest absolute Gasteiger partial charge is 0.480 e. The second-order valence-corrected chi connectivity index (χ2v) is 5.25. The SMILES string of the molecule is CCCCC(C(=O)O)N1CCCC(N(C)C)C1. The van der Waals surface area contributed by atoms with Crippen molar-refractivity contribution >= 4 is 5.97 Å². The number of carbonyl (C=O) groups is 1. The first-order valence-electron chi connectivity index (χ1n) is 6.69. The van der Waals surface area contributed by atoms with Crippen LogP contribution in [0.15, 0.2) is 0 Å². The third kappa shape index (κ3) is 4.28. The second kappa shape index (κ2) is 6.97. The van der Waals surface area contributed by atoms with Crippen molar-refractivity contribution in [3.8, 4) is 0 Å². The second-order valence-electron chi connectivity index (χ2n) is 5.25. The predicted octanol–water partition coefficient (Wildman–Crippen LogP) is 1.66. The van der Waals surface area contributed by atoms with Crippen molar-refractivity contribution in [1.82, 2.24) is 9.80 Å². The summed E-state index contributed by atoms with van der Waals surface area (Å²) >= 11 is 0. The quantitative estimate of drug-likeness (QED) is 0.769. The lowest BCUT2D eigenvalue weighted by molar-refractivity contribution is -0.144. The lowest BCUT2D eigenvalue weighted by atomic mass is 10.0. The fraction of sp³-hybridized carbons (Fsp3) is 0.923. The molecule has 0 amide bonds. The molecule has 0 aliphatic carbocycles. The van der Waals surface area contributed by atoms with Gasteiger partial charge in [-0.3, -0.25) is 9.69 Å². The molecule has 1 rings (SSSR count). The Hall–Kier alpha value is -0.610. The molecule has 2 unspecified atom stereocenters. The normalized spacial score (nSPS) is 23.9. The average molecular weight is 242 g/mol. The Morgan fingerprint density at radius 2 is 2.24 bits per heavy atom. The van der Waals surface area contributed by atoms with Gasteiger partial charge in [-0.25, -0.2) is 0 Å². The van der Waals surface area contributed by atoms with E-state index in [-0.39, 0.29) is 6.04 Å². The highest BCUT2D eigenvalue weighted by Gasteiger charge is 2.30. The Labute approximate surface area is 105 Å². The fourth-order valence-electron chi connectivity index (χ4n) is 2.55. The summed E-state index contributed by atoms with van der Waals surface area (Å²) in [5, 5.41) is 9.32. The van der Waals surface area contributed by atoms with Crippen LogP contribution < -0.4 is 0 Å². The van der Waals surface area contributed by atoms with E-state index < -0.39 is 5.97 Å². The maximum Gasteiger partial charge on any atom is 0.320 e. The number of nitrogens with zero attached hydrogens (tertiary/aromatic N) is 2. The molecule has 1 fully saturated rings. The zero-order valence-electron chi connectivity index (χ0n) is 11.4. The van der Waals surface area contributed by atoms with E-state index in [4.69, 9.17) is 0 Å². The molecule has 1 saturated heterocycles. The average Bonchev–Trinajstić information content (AvgIpc) is 2.29. The molecule has 2 atom stereocenters. The maximum atomic E-state index is 11.3. The first-order chi connectivity index (χ1) is 8.06. The van der Waals surface area contributed by atoms with Gasteiger partial charge in [-0.2, -0.15) is 0 Å². The first kappa shape index (κ1) is 14.5. The summed E-state index contributed by atoms with van der Waals surface area (Å²) in [7, 11) is 4.16. The molecule has 1 N–H and O–H groups in total. The number of hydrogen-bond donors (Lipinski definition) is 1. The number of rotatable bonds is 6. The van der Waals surface area contributed by atoms with Crippen LogP contribution in [0.4, 0.5) is 0 Å². The third-order valence-electron chi connectivity index (χ3n) is 3.72. The van der Waals surface area contributed by atoms with Crippen LogP contribution >= 0.6 is 0 Å². The van der Waals surface area contributed by atoms with Gasteiger partial charge in [0.2, 0.25) is 0 Å². The molecule has 17 heavy (non-hydrogen) atoms. The van der Waals surface area contributed by atoms with Crippen molar-refractivity contribution in [3.63, 3.8) is 0 Å². The number of likely N-dealkylation sites (N-methyl/N-ethyl adjacent to an activating group) is 1. The molecule has 1 aliphatic heterocycles. The lowest BCUT2D eigenvalue weighted by Crippen LogP contribution is -2.51. The number of carboxylic acids is 1. The van der Waals surface area contributed by atoms with Crippen molar-refractivity contribution in [2.75, 3.05) is 27.2 Å². The van der Waals surface area contributed by atoms with Crippen LogP contribution in [0.1, 0.15) is 39.0 Å². The molecule has 100 valence electrons. The van der Waals surface area contributed by atoms with Gasteiger partial charge in [0.25, 0.3) is 0 Å². The van der Waals surface area contributed by atoms with Crippen LogP contribution in [-0.2, 0) is 4.79 Å². The number of carboxylic acid groups (broad SMARTS) is 1. The van der Waals surface area contributed by atoms with Gasteiger partial charge in [0, 0.05) is 12.6 Å². The van der Waals surface area contributed by atoms with Crippen LogP contribution in [-0.4, -0.2) is 60.1 Å². The topological polar surface area (TPSA) is 43.8 Å². The highest BCUT2D eigenvalue weighted by atomic mass is 16.4. The lowest BCUT2D eigenvalue weighted by Gasteiger charge is -2.39. The molecular formula is C13H26N2O2. The van der Waals surface area contributed by atoms with E-state index >= 15 is 0 Å². The van der Waals surface area contributed by atoms with Gasteiger partial charge in [0.1, 0.15) is 6.04 Å². The van der Waals surface area contributed by atoms with E-state index in [1.165, 1.54) is 6.42 Å². The smallest absolute Gasteiger partial charge is 0.320 e. The number of likely N-dealkylation sites (tertiary alicyclic amines) is 1. The van der Waals surface area contributed by atoms with Crippen molar-refractivity contribution in [2.45, 2.75) is 51.1 Å². The molecule has 0 radical (unpaired) electrons. The zero-order chi connectivity index (χ0) is 12.8. The number of aliphatic carboxylic acids is 1. The van der Waals surface area contributed by atoms with Gasteiger partial charge in [-0.1, -0.05) is 19.8 Å². The van der Waals surface area contributed by atoms with Crippen LogP contribution in [0.25, 0.3) is 0 Å². The van der Waals surface area contributed by atoms with E-state index in [0.717, 1.165) is 38.8 Å². The van der Waals surface area contributed by atoms with Gasteiger partial charge < -0.3 is 10.0 Å². The van der Waals surface area contributed by atoms with Crippen molar-refractivity contribution < 1.29 is 9.90 Å². The monoisotopic (exact) mass is 242 g/mol. The highest BCUT2D eigenvalue weighted by molar-refractivity contribution is 5.73. The van der Waals surface area contributed by atoms with Crippen LogP contribution in [0.2, 0.25) is 0 Å². The van der Waals surface area contributed by atoms with E-state index in [1.54, 1.807) is 0 Å². The first-order valence-corrected chi connectivity index (χ1v) is 6.69. The molecule has 0 saturated carbocycles. The van der Waals surface area contributed by atoms with Gasteiger partial charge in [0.05, 0.1) is 0 Å². The minimum atomic E-state index is -0.655. The van der Waals surface area contributed by atoms with Gasteiger partial charge in [-0.05, 0) is 39.9 Å². The molecular weight excluding hydrogens is 216 g/mol. The molecule has 0 aromatic heterocycles. The molecule has 4 nitrogen and oxygen atoms in total. The number of piperidine rings is 1. The number of unbranched alkanes of at least 4 members (excludes halogenated alkanes) is 1. The van der Waals surface area contributed by atoms with Crippen molar-refractivity contribution in [1.29, 1.82) is 0 Å². The van der Waals surface area contributed by atoms with E-state index in [9.17, 15) is 9.90 Å². The molecule has 1 heterocycles. The Balaban J connectivity index is 2.57. The Bertz CT molecular complexity index is 244. The summed E-state index contributed by atoms with van der Waals surface area (Å²) in [6.45, 7) is 3.94. The predicted molar refractivity (Wildman–Crippen MR) is 69.2 cm³/mol. The molecule has 0 spiro atoms. The molecule has 0 aromatic carbocycles. The third-order valence-corrected chi connectivity index (χ3v) is 3.72. The minimum absolute atomic E-state index is 0.280. The Morgan fingerprint density at radius 1 is 1.53 bits per heavy atom. The fourth-order valence-corrected chi connectivity index (χ4v) is 2.55.